The molecule has 2 aromatic rings. The van der Waals surface area contributed by atoms with Gasteiger partial charge in [0, 0.05) is 4.47 Å². The van der Waals surface area contributed by atoms with Gasteiger partial charge >= 0.3 is 11.9 Å². The van der Waals surface area contributed by atoms with Gasteiger partial charge in [0.25, 0.3) is 0 Å². The van der Waals surface area contributed by atoms with Gasteiger partial charge in [0.2, 0.25) is 0 Å². The molecule has 0 amide bonds. The summed E-state index contributed by atoms with van der Waals surface area (Å²) < 4.78 is 10.7. The van der Waals surface area contributed by atoms with Crippen LogP contribution in [0.1, 0.15) is 20.7 Å². The van der Waals surface area contributed by atoms with Crippen molar-refractivity contribution in [3.63, 3.8) is 0 Å². The minimum Gasteiger partial charge on any atom is -0.465 e. The van der Waals surface area contributed by atoms with E-state index < -0.39 is 11.9 Å². The first-order valence-corrected chi connectivity index (χ1v) is 6.56. The number of hydrogen-bond acceptors (Lipinski definition) is 4. The second kappa shape index (κ2) is 6.34. The minimum atomic E-state index is -0.552. The fourth-order valence-corrected chi connectivity index (χ4v) is 1.84. The van der Waals surface area contributed by atoms with E-state index in [0.29, 0.717) is 5.56 Å². The third-order valence-electron chi connectivity index (χ3n) is 2.57. The van der Waals surface area contributed by atoms with E-state index in [1.54, 1.807) is 42.5 Å². The molecular formula is C15H11BrO4. The highest BCUT2D eigenvalue weighted by Crippen LogP contribution is 2.20. The Morgan fingerprint density at radius 2 is 1.60 bits per heavy atom. The Bertz CT molecular complexity index is 635. The van der Waals surface area contributed by atoms with E-state index in [9.17, 15) is 9.59 Å². The van der Waals surface area contributed by atoms with Gasteiger partial charge in [-0.15, -0.1) is 0 Å². The van der Waals surface area contributed by atoms with Gasteiger partial charge in [0.05, 0.1) is 12.7 Å². The van der Waals surface area contributed by atoms with Crippen molar-refractivity contribution < 1.29 is 19.1 Å². The predicted octanol–water partition coefficient (Wildman–Crippen LogP) is 3.45. The first kappa shape index (κ1) is 14.3. The molecule has 0 N–H and O–H groups in total. The number of para-hydroxylation sites is 1. The zero-order chi connectivity index (χ0) is 14.5. The maximum absolute atomic E-state index is 12.0. The van der Waals surface area contributed by atoms with Crippen molar-refractivity contribution in [2.45, 2.75) is 0 Å². The largest absolute Gasteiger partial charge is 0.465 e. The fraction of sp³-hybridized carbons (Fsp3) is 0.0667. The van der Waals surface area contributed by atoms with E-state index >= 15 is 0 Å². The highest BCUT2D eigenvalue weighted by atomic mass is 79.9. The molecule has 0 atom stereocenters. The highest BCUT2D eigenvalue weighted by molar-refractivity contribution is 9.10. The number of carbonyl (C=O) groups excluding carboxylic acids is 2. The summed E-state index contributed by atoms with van der Waals surface area (Å²) >= 11 is 3.29. The summed E-state index contributed by atoms with van der Waals surface area (Å²) in [5.41, 5.74) is 0.605. The second-order valence-electron chi connectivity index (χ2n) is 3.88. The Morgan fingerprint density at radius 3 is 2.25 bits per heavy atom. The third kappa shape index (κ3) is 3.24. The summed E-state index contributed by atoms with van der Waals surface area (Å²) in [5, 5.41) is 0. The van der Waals surface area contributed by atoms with Crippen LogP contribution in [0.4, 0.5) is 0 Å². The molecule has 0 spiro atoms. The van der Waals surface area contributed by atoms with Gasteiger partial charge in [0.1, 0.15) is 11.3 Å². The Kier molecular flexibility index (Phi) is 4.53. The van der Waals surface area contributed by atoms with Gasteiger partial charge in [-0.1, -0.05) is 28.1 Å². The average Bonchev–Trinajstić information content (AvgIpc) is 2.47. The van der Waals surface area contributed by atoms with Gasteiger partial charge in [-0.25, -0.2) is 9.59 Å². The number of hydrogen-bond donors (Lipinski definition) is 0. The molecule has 0 heterocycles. The molecule has 0 radical (unpaired) electrons. The molecule has 4 nitrogen and oxygen atoms in total. The van der Waals surface area contributed by atoms with Crippen molar-refractivity contribution in [3.05, 3.63) is 64.1 Å². The van der Waals surface area contributed by atoms with Crippen LogP contribution in [-0.2, 0) is 4.74 Å². The first-order valence-electron chi connectivity index (χ1n) is 5.77. The molecule has 0 aliphatic carbocycles. The maximum Gasteiger partial charge on any atom is 0.343 e. The lowest BCUT2D eigenvalue weighted by Crippen LogP contribution is -2.12. The molecule has 0 aliphatic rings. The molecule has 0 unspecified atom stereocenters. The molecular weight excluding hydrogens is 324 g/mol. The summed E-state index contributed by atoms with van der Waals surface area (Å²) in [7, 11) is 1.27. The van der Waals surface area contributed by atoms with Gasteiger partial charge in [-0.05, 0) is 36.4 Å². The predicted molar refractivity (Wildman–Crippen MR) is 76.9 cm³/mol. The lowest BCUT2D eigenvalue weighted by atomic mass is 10.2. The number of benzene rings is 2. The van der Waals surface area contributed by atoms with Crippen LogP contribution in [0.15, 0.2) is 53.0 Å². The Morgan fingerprint density at radius 1 is 0.950 bits per heavy atom. The smallest absolute Gasteiger partial charge is 0.343 e. The summed E-state index contributed by atoms with van der Waals surface area (Å²) in [4.78, 5) is 23.6. The zero-order valence-electron chi connectivity index (χ0n) is 10.6. The van der Waals surface area contributed by atoms with Crippen molar-refractivity contribution >= 4 is 27.9 Å². The number of carbonyl (C=O) groups is 2. The number of halogens is 1. The van der Waals surface area contributed by atoms with Crippen molar-refractivity contribution in [2.75, 3.05) is 7.11 Å². The van der Waals surface area contributed by atoms with Crippen molar-refractivity contribution in [1.29, 1.82) is 0 Å². The average molecular weight is 335 g/mol. The van der Waals surface area contributed by atoms with Crippen molar-refractivity contribution in [3.8, 4) is 5.75 Å². The van der Waals surface area contributed by atoms with Crippen LogP contribution in [-0.4, -0.2) is 19.0 Å². The fourth-order valence-electron chi connectivity index (χ4n) is 1.58. The molecule has 20 heavy (non-hydrogen) atoms. The Hall–Kier alpha value is -2.14. The highest BCUT2D eigenvalue weighted by Gasteiger charge is 2.16. The van der Waals surface area contributed by atoms with E-state index in [1.807, 2.05) is 0 Å². The standard InChI is InChI=1S/C15H11BrO4/c1-19-15(18)12-4-2-3-5-13(12)20-14(17)10-6-8-11(16)9-7-10/h2-9H,1H3. The van der Waals surface area contributed by atoms with Crippen LogP contribution in [0.2, 0.25) is 0 Å². The Labute approximate surface area is 124 Å². The normalized spacial score (nSPS) is 9.90. The number of rotatable bonds is 3. The van der Waals surface area contributed by atoms with Gasteiger partial charge in [-0.2, -0.15) is 0 Å². The second-order valence-corrected chi connectivity index (χ2v) is 4.80. The van der Waals surface area contributed by atoms with Gasteiger partial charge in [-0.3, -0.25) is 0 Å². The third-order valence-corrected chi connectivity index (χ3v) is 3.10. The molecule has 0 aromatic heterocycles. The molecule has 0 saturated carbocycles. The molecule has 2 rings (SSSR count). The summed E-state index contributed by atoms with van der Waals surface area (Å²) in [6.07, 6.45) is 0. The molecule has 0 bridgehead atoms. The molecule has 2 aromatic carbocycles. The first-order chi connectivity index (χ1) is 9.61. The lowest BCUT2D eigenvalue weighted by molar-refractivity contribution is 0.0593. The van der Waals surface area contributed by atoms with E-state index in [-0.39, 0.29) is 11.3 Å². The maximum atomic E-state index is 12.0. The molecule has 0 saturated heterocycles. The minimum absolute atomic E-state index is 0.173. The van der Waals surface area contributed by atoms with Crippen LogP contribution in [0.5, 0.6) is 5.75 Å². The summed E-state index contributed by atoms with van der Waals surface area (Å²) in [5.74, 6) is -0.912. The quantitative estimate of drug-likeness (QED) is 0.637. The van der Waals surface area contributed by atoms with E-state index in [1.165, 1.54) is 13.2 Å². The van der Waals surface area contributed by atoms with Crippen LogP contribution < -0.4 is 4.74 Å². The van der Waals surface area contributed by atoms with E-state index in [0.717, 1.165) is 4.47 Å². The molecule has 0 aliphatic heterocycles. The zero-order valence-corrected chi connectivity index (χ0v) is 12.2. The summed E-state index contributed by atoms with van der Waals surface area (Å²) in [6, 6.07) is 13.2. The van der Waals surface area contributed by atoms with Crippen LogP contribution in [0.3, 0.4) is 0 Å². The lowest BCUT2D eigenvalue weighted by Gasteiger charge is -2.08. The van der Waals surface area contributed by atoms with Gasteiger partial charge < -0.3 is 9.47 Å². The number of esters is 2. The van der Waals surface area contributed by atoms with Crippen molar-refractivity contribution in [2.24, 2.45) is 0 Å². The monoisotopic (exact) mass is 334 g/mol. The van der Waals surface area contributed by atoms with Crippen LogP contribution >= 0.6 is 15.9 Å². The van der Waals surface area contributed by atoms with Crippen LogP contribution in [0.25, 0.3) is 0 Å². The van der Waals surface area contributed by atoms with Gasteiger partial charge in [0.15, 0.2) is 0 Å². The molecule has 0 fully saturated rings. The SMILES string of the molecule is COC(=O)c1ccccc1OC(=O)c1ccc(Br)cc1. The number of ether oxygens (including phenoxy) is 2. The van der Waals surface area contributed by atoms with Crippen molar-refractivity contribution in [1.82, 2.24) is 0 Å². The Balaban J connectivity index is 2.24. The topological polar surface area (TPSA) is 52.6 Å². The number of methoxy groups -OCH3 is 1. The summed E-state index contributed by atoms with van der Waals surface area (Å²) in [6.45, 7) is 0. The molecule has 102 valence electrons. The van der Waals surface area contributed by atoms with Crippen LogP contribution in [0, 0.1) is 0 Å². The van der Waals surface area contributed by atoms with E-state index in [2.05, 4.69) is 20.7 Å². The van der Waals surface area contributed by atoms with E-state index in [4.69, 9.17) is 4.74 Å². The molecule has 5 heteroatoms.